The quantitative estimate of drug-likeness (QED) is 0.555. The number of amides is 2. The SMILES string of the molecule is CCOCC(=O)NCCCNC(C)=O. The largest absolute Gasteiger partial charge is 0.372 e. The Kier molecular flexibility index (Phi) is 7.83. The first-order valence-electron chi connectivity index (χ1n) is 4.75. The van der Waals surface area contributed by atoms with E-state index in [4.69, 9.17) is 4.74 Å². The number of ether oxygens (including phenoxy) is 1. The van der Waals surface area contributed by atoms with Gasteiger partial charge in [0.15, 0.2) is 0 Å². The fourth-order valence-electron chi connectivity index (χ4n) is 0.826. The second kappa shape index (κ2) is 8.50. The summed E-state index contributed by atoms with van der Waals surface area (Å²) in [6, 6.07) is 0. The summed E-state index contributed by atoms with van der Waals surface area (Å²) in [5.74, 6) is -0.166. The van der Waals surface area contributed by atoms with Crippen LogP contribution in [0.5, 0.6) is 0 Å². The Labute approximate surface area is 84.2 Å². The van der Waals surface area contributed by atoms with Crippen LogP contribution in [0.2, 0.25) is 0 Å². The molecule has 0 aliphatic rings. The number of rotatable bonds is 7. The number of nitrogens with one attached hydrogen (secondary N) is 2. The molecule has 0 bridgehead atoms. The molecule has 82 valence electrons. The van der Waals surface area contributed by atoms with Crippen LogP contribution in [-0.4, -0.2) is 38.1 Å². The summed E-state index contributed by atoms with van der Waals surface area (Å²) < 4.78 is 4.91. The first-order valence-corrected chi connectivity index (χ1v) is 4.75. The molecule has 5 heteroatoms. The molecule has 0 aromatic rings. The Bertz CT molecular complexity index is 183. The van der Waals surface area contributed by atoms with Gasteiger partial charge >= 0.3 is 0 Å². The fraction of sp³-hybridized carbons (Fsp3) is 0.778. The molecular weight excluding hydrogens is 184 g/mol. The normalized spacial score (nSPS) is 9.57. The summed E-state index contributed by atoms with van der Waals surface area (Å²) in [4.78, 5) is 21.4. The Morgan fingerprint density at radius 2 is 1.86 bits per heavy atom. The smallest absolute Gasteiger partial charge is 0.245 e. The van der Waals surface area contributed by atoms with Crippen LogP contribution in [0, 0.1) is 0 Å². The molecule has 0 aromatic heterocycles. The van der Waals surface area contributed by atoms with Crippen molar-refractivity contribution in [3.63, 3.8) is 0 Å². The Morgan fingerprint density at radius 1 is 1.21 bits per heavy atom. The lowest BCUT2D eigenvalue weighted by Crippen LogP contribution is -2.31. The van der Waals surface area contributed by atoms with Crippen LogP contribution in [-0.2, 0) is 14.3 Å². The number of carbonyl (C=O) groups excluding carboxylic acids is 2. The lowest BCUT2D eigenvalue weighted by molar-refractivity contribution is -0.125. The number of hydrogen-bond acceptors (Lipinski definition) is 3. The summed E-state index contributed by atoms with van der Waals surface area (Å²) in [6.07, 6.45) is 0.734. The summed E-state index contributed by atoms with van der Waals surface area (Å²) >= 11 is 0. The monoisotopic (exact) mass is 202 g/mol. The second-order valence-electron chi connectivity index (χ2n) is 2.82. The molecule has 0 atom stereocenters. The van der Waals surface area contributed by atoms with E-state index in [2.05, 4.69) is 10.6 Å². The summed E-state index contributed by atoms with van der Waals surface area (Å²) in [5, 5.41) is 5.32. The minimum Gasteiger partial charge on any atom is -0.372 e. The van der Waals surface area contributed by atoms with E-state index in [9.17, 15) is 9.59 Å². The second-order valence-corrected chi connectivity index (χ2v) is 2.82. The average Bonchev–Trinajstić information content (AvgIpc) is 2.13. The first-order chi connectivity index (χ1) is 6.66. The van der Waals surface area contributed by atoms with Crippen LogP contribution in [0.4, 0.5) is 0 Å². The maximum atomic E-state index is 11.0. The van der Waals surface area contributed by atoms with Crippen molar-refractivity contribution in [3.8, 4) is 0 Å². The third-order valence-electron chi connectivity index (χ3n) is 1.49. The molecule has 0 aliphatic carbocycles. The number of hydrogen-bond donors (Lipinski definition) is 2. The maximum Gasteiger partial charge on any atom is 0.245 e. The molecule has 0 saturated heterocycles. The molecule has 0 radical (unpaired) electrons. The van der Waals surface area contributed by atoms with Crippen molar-refractivity contribution in [2.24, 2.45) is 0 Å². The van der Waals surface area contributed by atoms with Crippen molar-refractivity contribution in [1.82, 2.24) is 10.6 Å². The standard InChI is InChI=1S/C9H18N2O3/c1-3-14-7-9(13)11-6-4-5-10-8(2)12/h3-7H2,1-2H3,(H,10,12)(H,11,13). The van der Waals surface area contributed by atoms with E-state index in [1.165, 1.54) is 6.92 Å². The highest BCUT2D eigenvalue weighted by molar-refractivity contribution is 5.77. The topological polar surface area (TPSA) is 67.4 Å². The molecule has 2 amide bonds. The van der Waals surface area contributed by atoms with E-state index in [1.807, 2.05) is 6.92 Å². The lowest BCUT2D eigenvalue weighted by atomic mass is 10.4. The van der Waals surface area contributed by atoms with E-state index in [-0.39, 0.29) is 18.4 Å². The Balaban J connectivity index is 3.19. The zero-order valence-corrected chi connectivity index (χ0v) is 8.76. The van der Waals surface area contributed by atoms with Gasteiger partial charge in [-0.1, -0.05) is 0 Å². The Hall–Kier alpha value is -1.10. The first kappa shape index (κ1) is 12.9. The third kappa shape index (κ3) is 8.99. The Morgan fingerprint density at radius 3 is 2.43 bits per heavy atom. The van der Waals surface area contributed by atoms with Gasteiger partial charge in [0.2, 0.25) is 11.8 Å². The fourth-order valence-corrected chi connectivity index (χ4v) is 0.826. The molecule has 2 N–H and O–H groups in total. The van der Waals surface area contributed by atoms with Gasteiger partial charge in [-0.3, -0.25) is 9.59 Å². The number of carbonyl (C=O) groups is 2. The molecule has 5 nitrogen and oxygen atoms in total. The van der Waals surface area contributed by atoms with Gasteiger partial charge in [-0.2, -0.15) is 0 Å². The molecule has 0 rings (SSSR count). The van der Waals surface area contributed by atoms with Gasteiger partial charge < -0.3 is 15.4 Å². The van der Waals surface area contributed by atoms with Gasteiger partial charge in [-0.25, -0.2) is 0 Å². The van der Waals surface area contributed by atoms with Crippen molar-refractivity contribution in [2.75, 3.05) is 26.3 Å². The molecule has 0 aromatic carbocycles. The highest BCUT2D eigenvalue weighted by atomic mass is 16.5. The summed E-state index contributed by atoms with van der Waals surface area (Å²) in [5.41, 5.74) is 0. The predicted molar refractivity (Wildman–Crippen MR) is 52.8 cm³/mol. The van der Waals surface area contributed by atoms with E-state index in [1.54, 1.807) is 0 Å². The van der Waals surface area contributed by atoms with Crippen LogP contribution in [0.15, 0.2) is 0 Å². The van der Waals surface area contributed by atoms with Gasteiger partial charge in [-0.15, -0.1) is 0 Å². The van der Waals surface area contributed by atoms with Crippen LogP contribution in [0.1, 0.15) is 20.3 Å². The van der Waals surface area contributed by atoms with E-state index < -0.39 is 0 Å². The lowest BCUT2D eigenvalue weighted by Gasteiger charge is -2.05. The molecule has 14 heavy (non-hydrogen) atoms. The maximum absolute atomic E-state index is 11.0. The van der Waals surface area contributed by atoms with Crippen molar-refractivity contribution in [1.29, 1.82) is 0 Å². The van der Waals surface area contributed by atoms with Crippen LogP contribution in [0.25, 0.3) is 0 Å². The summed E-state index contributed by atoms with van der Waals surface area (Å²) in [6.45, 7) is 5.10. The molecule has 0 unspecified atom stereocenters. The van der Waals surface area contributed by atoms with E-state index in [0.717, 1.165) is 6.42 Å². The molecule has 0 spiro atoms. The van der Waals surface area contributed by atoms with Crippen LogP contribution in [0.3, 0.4) is 0 Å². The molecular formula is C9H18N2O3. The van der Waals surface area contributed by atoms with Crippen molar-refractivity contribution < 1.29 is 14.3 Å². The molecule has 0 heterocycles. The highest BCUT2D eigenvalue weighted by Crippen LogP contribution is 1.77. The zero-order chi connectivity index (χ0) is 10.8. The van der Waals surface area contributed by atoms with Gasteiger partial charge in [-0.05, 0) is 13.3 Å². The molecule has 0 saturated carbocycles. The highest BCUT2D eigenvalue weighted by Gasteiger charge is 1.98. The van der Waals surface area contributed by atoms with Crippen LogP contribution >= 0.6 is 0 Å². The molecule has 0 fully saturated rings. The zero-order valence-electron chi connectivity index (χ0n) is 8.76. The average molecular weight is 202 g/mol. The minimum atomic E-state index is -0.116. The van der Waals surface area contributed by atoms with Gasteiger partial charge in [0.05, 0.1) is 0 Å². The van der Waals surface area contributed by atoms with Crippen molar-refractivity contribution in [3.05, 3.63) is 0 Å². The summed E-state index contributed by atoms with van der Waals surface area (Å²) in [7, 11) is 0. The van der Waals surface area contributed by atoms with Gasteiger partial charge in [0, 0.05) is 26.6 Å². The molecule has 0 aliphatic heterocycles. The van der Waals surface area contributed by atoms with Gasteiger partial charge in [0.25, 0.3) is 0 Å². The minimum absolute atomic E-state index is 0.0503. The van der Waals surface area contributed by atoms with E-state index >= 15 is 0 Å². The van der Waals surface area contributed by atoms with Crippen molar-refractivity contribution >= 4 is 11.8 Å². The van der Waals surface area contributed by atoms with Crippen LogP contribution < -0.4 is 10.6 Å². The predicted octanol–water partition coefficient (Wildman–Crippen LogP) is -0.335. The third-order valence-corrected chi connectivity index (χ3v) is 1.49. The van der Waals surface area contributed by atoms with Crippen molar-refractivity contribution in [2.45, 2.75) is 20.3 Å². The van der Waals surface area contributed by atoms with Gasteiger partial charge in [0.1, 0.15) is 6.61 Å². The van der Waals surface area contributed by atoms with E-state index in [0.29, 0.717) is 19.7 Å².